The number of carbonyl (C=O) groups is 1. The molecule has 0 saturated carbocycles. The summed E-state index contributed by atoms with van der Waals surface area (Å²) in [4.78, 5) is 12.5. The molecule has 2 aromatic carbocycles. The van der Waals surface area contributed by atoms with Crippen LogP contribution in [0.3, 0.4) is 0 Å². The Morgan fingerprint density at radius 1 is 1.15 bits per heavy atom. The summed E-state index contributed by atoms with van der Waals surface area (Å²) in [5.74, 6) is -0.386. The topological polar surface area (TPSA) is 64.9 Å². The van der Waals surface area contributed by atoms with Crippen LogP contribution < -0.4 is 10.6 Å². The Balaban J connectivity index is 2.01. The molecular weight excluding hydrogens is 402 g/mol. The van der Waals surface area contributed by atoms with E-state index in [1.807, 2.05) is 42.5 Å². The Morgan fingerprint density at radius 3 is 2.41 bits per heavy atom. The molecule has 0 heterocycles. The van der Waals surface area contributed by atoms with E-state index in [1.165, 1.54) is 11.8 Å². The second kappa shape index (κ2) is 10.5. The highest BCUT2D eigenvalue weighted by Crippen LogP contribution is 2.23. The summed E-state index contributed by atoms with van der Waals surface area (Å²) in [5, 5.41) is 15.3. The second-order valence-electron chi connectivity index (χ2n) is 6.12. The molecule has 0 bridgehead atoms. The largest absolute Gasteiger partial charge is 0.389 e. The van der Waals surface area contributed by atoms with Crippen LogP contribution in [-0.2, 0) is 24.1 Å². The highest BCUT2D eigenvalue weighted by molar-refractivity contribution is 9.10. The maximum Gasteiger partial charge on any atom is 0.267 e. The number of halogens is 1. The maximum atomic E-state index is 12.5. The molecule has 5 heteroatoms. The van der Waals surface area contributed by atoms with E-state index in [-0.39, 0.29) is 11.5 Å². The number of hydrogen-bond acceptors (Lipinski definition) is 3. The minimum atomic E-state index is -0.386. The van der Waals surface area contributed by atoms with Gasteiger partial charge in [0, 0.05) is 22.9 Å². The average Bonchev–Trinajstić information content (AvgIpc) is 2.68. The van der Waals surface area contributed by atoms with Crippen LogP contribution in [0.5, 0.6) is 0 Å². The van der Waals surface area contributed by atoms with Gasteiger partial charge in [0.05, 0.1) is 0 Å². The second-order valence-corrected chi connectivity index (χ2v) is 7.03. The molecule has 1 amide bonds. The van der Waals surface area contributed by atoms with Gasteiger partial charge in [-0.15, -0.1) is 0 Å². The van der Waals surface area contributed by atoms with Gasteiger partial charge in [-0.25, -0.2) is 0 Å². The first-order valence-electron chi connectivity index (χ1n) is 9.09. The summed E-state index contributed by atoms with van der Waals surface area (Å²) in [6.45, 7) is 4.74. The zero-order valence-corrected chi connectivity index (χ0v) is 17.3. The Kier molecular flexibility index (Phi) is 8.09. The number of nitrogens with one attached hydrogen (secondary N) is 2. The first-order valence-corrected chi connectivity index (χ1v) is 9.88. The molecule has 0 aliphatic heterocycles. The van der Waals surface area contributed by atoms with Crippen LogP contribution in [0.1, 0.15) is 30.5 Å². The number of aryl methyl sites for hydroxylation is 2. The van der Waals surface area contributed by atoms with Crippen molar-refractivity contribution in [2.24, 2.45) is 0 Å². The van der Waals surface area contributed by atoms with Gasteiger partial charge in [0.25, 0.3) is 5.91 Å². The summed E-state index contributed by atoms with van der Waals surface area (Å²) in [6.07, 6.45) is 3.93. The van der Waals surface area contributed by atoms with Crippen LogP contribution in [0.4, 0.5) is 5.69 Å². The van der Waals surface area contributed by atoms with Crippen LogP contribution >= 0.6 is 15.9 Å². The van der Waals surface area contributed by atoms with Gasteiger partial charge in [-0.3, -0.25) is 4.79 Å². The number of hydrogen-bond donors (Lipinski definition) is 2. The van der Waals surface area contributed by atoms with Crippen molar-refractivity contribution in [3.05, 3.63) is 75.4 Å². The molecule has 140 valence electrons. The van der Waals surface area contributed by atoms with E-state index in [4.69, 9.17) is 0 Å². The number of amides is 1. The fraction of sp³-hybridized carbons (Fsp3) is 0.273. The molecule has 27 heavy (non-hydrogen) atoms. The highest BCUT2D eigenvalue weighted by Gasteiger charge is 2.13. The monoisotopic (exact) mass is 425 g/mol. The van der Waals surface area contributed by atoms with Crippen LogP contribution in [-0.4, -0.2) is 12.5 Å². The summed E-state index contributed by atoms with van der Waals surface area (Å²) in [5.41, 5.74) is 4.21. The van der Waals surface area contributed by atoms with E-state index in [0.29, 0.717) is 6.54 Å². The molecule has 0 spiro atoms. The Morgan fingerprint density at radius 2 is 1.81 bits per heavy atom. The predicted molar refractivity (Wildman–Crippen MR) is 113 cm³/mol. The molecule has 0 aliphatic rings. The summed E-state index contributed by atoms with van der Waals surface area (Å²) in [6, 6.07) is 16.0. The van der Waals surface area contributed by atoms with Crippen molar-refractivity contribution in [3.63, 3.8) is 0 Å². The first-order chi connectivity index (χ1) is 13.1. The van der Waals surface area contributed by atoms with Crippen molar-refractivity contribution in [1.82, 2.24) is 5.32 Å². The van der Waals surface area contributed by atoms with Gasteiger partial charge in [-0.1, -0.05) is 60.1 Å². The van der Waals surface area contributed by atoms with Crippen LogP contribution in [0.15, 0.2) is 58.7 Å². The summed E-state index contributed by atoms with van der Waals surface area (Å²) in [7, 11) is 0. The fourth-order valence-corrected chi connectivity index (χ4v) is 3.26. The van der Waals surface area contributed by atoms with Gasteiger partial charge in [-0.05, 0) is 48.1 Å². The Bertz CT molecular complexity index is 846. The van der Waals surface area contributed by atoms with Crippen molar-refractivity contribution >= 4 is 27.5 Å². The van der Waals surface area contributed by atoms with E-state index in [9.17, 15) is 10.1 Å². The Labute approximate surface area is 169 Å². The molecule has 0 atom stereocenters. The number of para-hydroxylation sites is 1. The molecular formula is C22H24BrN3O. The van der Waals surface area contributed by atoms with Crippen molar-refractivity contribution < 1.29 is 4.79 Å². The Hall–Kier alpha value is -2.58. The van der Waals surface area contributed by atoms with Crippen LogP contribution in [0.2, 0.25) is 0 Å². The van der Waals surface area contributed by atoms with Crippen LogP contribution in [0, 0.1) is 11.3 Å². The number of anilines is 1. The molecule has 0 unspecified atom stereocenters. The normalized spacial score (nSPS) is 11.0. The lowest BCUT2D eigenvalue weighted by atomic mass is 10.0. The van der Waals surface area contributed by atoms with Crippen molar-refractivity contribution in [3.8, 4) is 6.07 Å². The SMILES string of the molecule is CCc1cccc(CC)c1NC(=O)/C(C#N)=C\NCCc1cccc(Br)c1. The summed E-state index contributed by atoms with van der Waals surface area (Å²) < 4.78 is 1.04. The van der Waals surface area contributed by atoms with E-state index in [0.717, 1.165) is 40.5 Å². The number of nitriles is 1. The van der Waals surface area contributed by atoms with Crippen molar-refractivity contribution in [1.29, 1.82) is 5.26 Å². The molecule has 2 aromatic rings. The quantitative estimate of drug-likeness (QED) is 0.364. The minimum absolute atomic E-state index is 0.0669. The van der Waals surface area contributed by atoms with E-state index in [1.54, 1.807) is 0 Å². The molecule has 0 saturated heterocycles. The third-order valence-corrected chi connectivity index (χ3v) is 4.79. The van der Waals surface area contributed by atoms with Crippen LogP contribution in [0.25, 0.3) is 0 Å². The van der Waals surface area contributed by atoms with E-state index in [2.05, 4.69) is 46.5 Å². The van der Waals surface area contributed by atoms with E-state index < -0.39 is 0 Å². The molecule has 4 nitrogen and oxygen atoms in total. The number of rotatable bonds is 8. The molecule has 0 radical (unpaired) electrons. The fourth-order valence-electron chi connectivity index (χ4n) is 2.82. The third-order valence-electron chi connectivity index (χ3n) is 4.30. The van der Waals surface area contributed by atoms with Gasteiger partial charge in [0.2, 0.25) is 0 Å². The smallest absolute Gasteiger partial charge is 0.267 e. The lowest BCUT2D eigenvalue weighted by Crippen LogP contribution is -2.19. The molecule has 2 N–H and O–H groups in total. The predicted octanol–water partition coefficient (Wildman–Crippen LogP) is 4.75. The standard InChI is InChI=1S/C22H24BrN3O/c1-3-17-8-6-9-18(4-2)21(17)26-22(27)19(14-24)15-25-12-11-16-7-5-10-20(23)13-16/h5-10,13,15,25H,3-4,11-12H2,1-2H3,(H,26,27)/b19-15-. The van der Waals surface area contributed by atoms with Gasteiger partial charge in [-0.2, -0.15) is 5.26 Å². The number of benzene rings is 2. The highest BCUT2D eigenvalue weighted by atomic mass is 79.9. The zero-order chi connectivity index (χ0) is 19.6. The van der Waals surface area contributed by atoms with Gasteiger partial charge < -0.3 is 10.6 Å². The molecule has 2 rings (SSSR count). The van der Waals surface area contributed by atoms with Gasteiger partial charge in [0.1, 0.15) is 11.6 Å². The van der Waals surface area contributed by atoms with E-state index >= 15 is 0 Å². The van der Waals surface area contributed by atoms with Gasteiger partial charge in [0.15, 0.2) is 0 Å². The lowest BCUT2D eigenvalue weighted by molar-refractivity contribution is -0.112. The molecule has 0 aliphatic carbocycles. The maximum absolute atomic E-state index is 12.5. The summed E-state index contributed by atoms with van der Waals surface area (Å²) >= 11 is 3.45. The molecule has 0 fully saturated rings. The number of carbonyl (C=O) groups excluding carboxylic acids is 1. The van der Waals surface area contributed by atoms with Crippen molar-refractivity contribution in [2.45, 2.75) is 33.1 Å². The molecule has 0 aromatic heterocycles. The lowest BCUT2D eigenvalue weighted by Gasteiger charge is -2.14. The van der Waals surface area contributed by atoms with Crippen molar-refractivity contribution in [2.75, 3.05) is 11.9 Å². The van der Waals surface area contributed by atoms with Gasteiger partial charge >= 0.3 is 0 Å². The third kappa shape index (κ3) is 5.97. The first kappa shape index (κ1) is 20.7. The average molecular weight is 426 g/mol. The minimum Gasteiger partial charge on any atom is -0.389 e. The number of nitrogens with zero attached hydrogens (tertiary/aromatic N) is 1. The zero-order valence-electron chi connectivity index (χ0n) is 15.7.